The molecule has 4 rings (SSSR count). The Kier molecular flexibility index (Phi) is 6.32. The smallest absolute Gasteiger partial charge is 0.258 e. The summed E-state index contributed by atoms with van der Waals surface area (Å²) in [6.45, 7) is 7.02. The Labute approximate surface area is 184 Å². The highest BCUT2D eigenvalue weighted by Gasteiger charge is 2.53. The molecule has 168 valence electrons. The quantitative estimate of drug-likeness (QED) is 0.681. The summed E-state index contributed by atoms with van der Waals surface area (Å²) in [7, 11) is 0. The van der Waals surface area contributed by atoms with Gasteiger partial charge in [-0.2, -0.15) is 0 Å². The zero-order chi connectivity index (χ0) is 22.0. The molecule has 1 aromatic rings. The van der Waals surface area contributed by atoms with Crippen molar-refractivity contribution < 1.29 is 14.4 Å². The monoisotopic (exact) mass is 426 g/mol. The van der Waals surface area contributed by atoms with Gasteiger partial charge in [-0.25, -0.2) is 0 Å². The lowest BCUT2D eigenvalue weighted by Gasteiger charge is -2.48. The lowest BCUT2D eigenvalue weighted by atomic mass is 9.98. The van der Waals surface area contributed by atoms with Gasteiger partial charge in [0.15, 0.2) is 0 Å². The Hall–Kier alpha value is -2.41. The van der Waals surface area contributed by atoms with Gasteiger partial charge in [0.1, 0.15) is 12.2 Å². The number of piperidine rings is 1. The second-order valence-electron chi connectivity index (χ2n) is 9.29. The molecular formula is C24H34N4O3. The Balaban J connectivity index is 1.32. The lowest BCUT2D eigenvalue weighted by molar-refractivity contribution is -0.124. The summed E-state index contributed by atoms with van der Waals surface area (Å²) in [6.07, 6.45) is 6.79. The van der Waals surface area contributed by atoms with Crippen molar-refractivity contribution in [1.82, 2.24) is 15.1 Å². The fourth-order valence-electron chi connectivity index (χ4n) is 5.30. The van der Waals surface area contributed by atoms with Crippen molar-refractivity contribution >= 4 is 23.4 Å². The van der Waals surface area contributed by atoms with E-state index < -0.39 is 5.66 Å². The van der Waals surface area contributed by atoms with E-state index in [1.807, 2.05) is 19.1 Å². The van der Waals surface area contributed by atoms with E-state index >= 15 is 0 Å². The van der Waals surface area contributed by atoms with Crippen molar-refractivity contribution in [2.75, 3.05) is 31.1 Å². The van der Waals surface area contributed by atoms with Crippen LogP contribution < -0.4 is 10.2 Å². The van der Waals surface area contributed by atoms with Crippen molar-refractivity contribution in [1.29, 1.82) is 0 Å². The molecule has 2 fully saturated rings. The molecular weight excluding hydrogens is 392 g/mol. The van der Waals surface area contributed by atoms with Gasteiger partial charge in [0.05, 0.1) is 11.3 Å². The first-order valence-electron chi connectivity index (χ1n) is 11.7. The van der Waals surface area contributed by atoms with Gasteiger partial charge in [-0.05, 0) is 71.2 Å². The molecule has 7 heteroatoms. The van der Waals surface area contributed by atoms with E-state index in [1.165, 1.54) is 25.8 Å². The van der Waals surface area contributed by atoms with Crippen LogP contribution in [0.4, 0.5) is 5.69 Å². The Morgan fingerprint density at radius 3 is 2.81 bits per heavy atom. The summed E-state index contributed by atoms with van der Waals surface area (Å²) >= 11 is 0. The number of rotatable bonds is 7. The highest BCUT2D eigenvalue weighted by molar-refractivity contribution is 6.11. The first-order chi connectivity index (χ1) is 14.9. The molecule has 3 amide bonds. The minimum atomic E-state index is -0.787. The topological polar surface area (TPSA) is 73.0 Å². The molecule has 0 aliphatic carbocycles. The van der Waals surface area contributed by atoms with E-state index in [0.717, 1.165) is 19.4 Å². The number of carbonyl (C=O) groups excluding carboxylic acids is 3. The van der Waals surface area contributed by atoms with Crippen LogP contribution in [-0.4, -0.2) is 65.4 Å². The van der Waals surface area contributed by atoms with Crippen LogP contribution in [0.3, 0.4) is 0 Å². The molecule has 0 spiro atoms. The van der Waals surface area contributed by atoms with E-state index in [9.17, 15) is 14.4 Å². The van der Waals surface area contributed by atoms with Crippen LogP contribution in [0.5, 0.6) is 0 Å². The fourth-order valence-corrected chi connectivity index (χ4v) is 5.30. The maximum absolute atomic E-state index is 13.2. The number of hydrogen-bond donors (Lipinski definition) is 1. The molecule has 2 unspecified atom stereocenters. The van der Waals surface area contributed by atoms with Crippen molar-refractivity contribution in [2.24, 2.45) is 0 Å². The van der Waals surface area contributed by atoms with Crippen LogP contribution in [-0.2, 0) is 9.59 Å². The van der Waals surface area contributed by atoms with Crippen LogP contribution in [0.2, 0.25) is 0 Å². The Morgan fingerprint density at radius 2 is 2.00 bits per heavy atom. The number of nitrogens with one attached hydrogen (secondary N) is 1. The van der Waals surface area contributed by atoms with Gasteiger partial charge >= 0.3 is 0 Å². The average Bonchev–Trinajstić information content (AvgIpc) is 3.07. The average molecular weight is 427 g/mol. The van der Waals surface area contributed by atoms with Crippen LogP contribution in [0, 0.1) is 0 Å². The third kappa shape index (κ3) is 4.20. The fraction of sp³-hybridized carbons (Fsp3) is 0.625. The second-order valence-corrected chi connectivity index (χ2v) is 9.29. The molecule has 0 aromatic heterocycles. The number of para-hydroxylation sites is 1. The van der Waals surface area contributed by atoms with Crippen molar-refractivity contribution in [3.8, 4) is 0 Å². The number of nitrogens with zero attached hydrogens (tertiary/aromatic N) is 3. The number of fused-ring (bicyclic) bond motifs is 3. The summed E-state index contributed by atoms with van der Waals surface area (Å²) in [6, 6.07) is 7.84. The number of unbranched alkanes of at least 4 members (excludes halogenated alkanes) is 1. The lowest BCUT2D eigenvalue weighted by Crippen LogP contribution is -2.63. The highest BCUT2D eigenvalue weighted by atomic mass is 16.2. The number of anilines is 1. The molecule has 3 heterocycles. The molecule has 0 bridgehead atoms. The minimum Gasteiger partial charge on any atom is -0.355 e. The first-order valence-corrected chi connectivity index (χ1v) is 11.7. The van der Waals surface area contributed by atoms with Gasteiger partial charge in [0.2, 0.25) is 11.8 Å². The van der Waals surface area contributed by atoms with Gasteiger partial charge in [0, 0.05) is 19.0 Å². The Morgan fingerprint density at radius 1 is 1.19 bits per heavy atom. The first kappa shape index (κ1) is 21.8. The molecule has 2 atom stereocenters. The zero-order valence-corrected chi connectivity index (χ0v) is 18.7. The molecule has 0 radical (unpaired) electrons. The normalized spacial score (nSPS) is 26.1. The van der Waals surface area contributed by atoms with Crippen molar-refractivity contribution in [2.45, 2.75) is 70.5 Å². The highest BCUT2D eigenvalue weighted by Crippen LogP contribution is 2.43. The maximum atomic E-state index is 13.2. The minimum absolute atomic E-state index is 0.000186. The molecule has 7 nitrogen and oxygen atoms in total. The van der Waals surface area contributed by atoms with Crippen LogP contribution >= 0.6 is 0 Å². The predicted octanol–water partition coefficient (Wildman–Crippen LogP) is 2.76. The number of amides is 3. The van der Waals surface area contributed by atoms with Gasteiger partial charge in [-0.15, -0.1) is 0 Å². The van der Waals surface area contributed by atoms with Crippen molar-refractivity contribution in [3.63, 3.8) is 0 Å². The molecule has 1 N–H and O–H groups in total. The van der Waals surface area contributed by atoms with E-state index in [1.54, 1.807) is 21.9 Å². The van der Waals surface area contributed by atoms with Gasteiger partial charge in [0.25, 0.3) is 5.91 Å². The molecule has 2 saturated heterocycles. The van der Waals surface area contributed by atoms with Gasteiger partial charge in [-0.3, -0.25) is 19.3 Å². The number of carbonyl (C=O) groups is 3. The number of hydrogen-bond acceptors (Lipinski definition) is 4. The summed E-state index contributed by atoms with van der Waals surface area (Å²) in [5, 5.41) is 2.98. The standard InChI is InChI=1S/C24H34N4O3/c1-18-9-5-7-15-26(18)16-8-6-14-25-21(29)17-27-23(31)19-10-3-4-11-20(19)28-22(30)12-13-24(27,28)2/h3-4,10-11,18H,5-9,12-17H2,1-2H3,(H,25,29). The van der Waals surface area contributed by atoms with Gasteiger partial charge in [-0.1, -0.05) is 18.6 Å². The second kappa shape index (κ2) is 8.99. The SMILES string of the molecule is CC1CCCCN1CCCCNC(=O)CN1C(=O)c2ccccc2N2C(=O)CCC12C. The van der Waals surface area contributed by atoms with E-state index in [4.69, 9.17) is 0 Å². The van der Waals surface area contributed by atoms with Gasteiger partial charge < -0.3 is 15.1 Å². The maximum Gasteiger partial charge on any atom is 0.258 e. The number of likely N-dealkylation sites (tertiary alicyclic amines) is 1. The summed E-state index contributed by atoms with van der Waals surface area (Å²) in [5.41, 5.74) is 0.351. The molecule has 3 aliphatic rings. The van der Waals surface area contributed by atoms with Crippen molar-refractivity contribution in [3.05, 3.63) is 29.8 Å². The third-order valence-corrected chi connectivity index (χ3v) is 7.18. The van der Waals surface area contributed by atoms with E-state index in [-0.39, 0.29) is 24.3 Å². The number of benzene rings is 1. The summed E-state index contributed by atoms with van der Waals surface area (Å²) in [4.78, 5) is 44.3. The largest absolute Gasteiger partial charge is 0.355 e. The zero-order valence-electron chi connectivity index (χ0n) is 18.7. The van der Waals surface area contributed by atoms with Crippen LogP contribution in [0.25, 0.3) is 0 Å². The van der Waals surface area contributed by atoms with E-state index in [2.05, 4.69) is 17.1 Å². The molecule has 31 heavy (non-hydrogen) atoms. The molecule has 0 saturated carbocycles. The van der Waals surface area contributed by atoms with Crippen LogP contribution in [0.15, 0.2) is 24.3 Å². The third-order valence-electron chi connectivity index (χ3n) is 7.18. The summed E-state index contributed by atoms with van der Waals surface area (Å²) in [5.74, 6) is -0.349. The molecule has 1 aromatic carbocycles. The predicted molar refractivity (Wildman–Crippen MR) is 120 cm³/mol. The molecule has 3 aliphatic heterocycles. The van der Waals surface area contributed by atoms with E-state index in [0.29, 0.717) is 36.7 Å². The Bertz CT molecular complexity index is 857. The van der Waals surface area contributed by atoms with Crippen LogP contribution in [0.1, 0.15) is 69.2 Å². The summed E-state index contributed by atoms with van der Waals surface area (Å²) < 4.78 is 0.